The smallest absolute Gasteiger partial charge is 0.263 e. The molecule has 1 aromatic rings. The van der Waals surface area contributed by atoms with Gasteiger partial charge in [0.1, 0.15) is 0 Å². The van der Waals surface area contributed by atoms with Crippen LogP contribution in [0.3, 0.4) is 0 Å². The predicted octanol–water partition coefficient (Wildman–Crippen LogP) is 2.59. The van der Waals surface area contributed by atoms with Gasteiger partial charge in [-0.05, 0) is 18.1 Å². The molecule has 0 spiro atoms. The third-order valence-corrected chi connectivity index (χ3v) is 2.10. The van der Waals surface area contributed by atoms with Crippen molar-refractivity contribution in [3.63, 3.8) is 0 Å². The van der Waals surface area contributed by atoms with Gasteiger partial charge in [0.2, 0.25) is 0 Å². The van der Waals surface area contributed by atoms with E-state index in [1.165, 1.54) is 12.1 Å². The van der Waals surface area contributed by atoms with Crippen LogP contribution in [0.5, 0.6) is 0 Å². The fraction of sp³-hybridized carbons (Fsp3) is 0.333. The van der Waals surface area contributed by atoms with E-state index in [4.69, 9.17) is 0 Å². The van der Waals surface area contributed by atoms with E-state index in [1.807, 2.05) is 0 Å². The average Bonchev–Trinajstić information content (AvgIpc) is 2.49. The van der Waals surface area contributed by atoms with E-state index in [0.29, 0.717) is 0 Å². The van der Waals surface area contributed by atoms with Crippen LogP contribution in [0.25, 0.3) is 0 Å². The summed E-state index contributed by atoms with van der Waals surface area (Å²) in [5.41, 5.74) is 2.11. The van der Waals surface area contributed by atoms with Crippen molar-refractivity contribution in [2.45, 2.75) is 12.8 Å². The zero-order chi connectivity index (χ0) is 8.55. The first-order chi connectivity index (χ1) is 5.77. The number of hydrogen-bond donors (Lipinski definition) is 1. The second kappa shape index (κ2) is 2.73. The highest BCUT2D eigenvalue weighted by Gasteiger charge is 2.13. The van der Waals surface area contributed by atoms with Crippen molar-refractivity contribution in [1.82, 2.24) is 0 Å². The zero-order valence-electron chi connectivity index (χ0n) is 6.48. The van der Waals surface area contributed by atoms with Gasteiger partial charge in [-0.25, -0.2) is 8.78 Å². The Hall–Kier alpha value is -1.12. The highest BCUT2D eigenvalue weighted by Crippen LogP contribution is 2.27. The van der Waals surface area contributed by atoms with Gasteiger partial charge in [0.25, 0.3) is 6.43 Å². The van der Waals surface area contributed by atoms with E-state index >= 15 is 0 Å². The van der Waals surface area contributed by atoms with Crippen LogP contribution in [0.1, 0.15) is 17.6 Å². The third kappa shape index (κ3) is 1.15. The molecule has 1 aliphatic rings. The van der Waals surface area contributed by atoms with Crippen LogP contribution in [0.2, 0.25) is 0 Å². The topological polar surface area (TPSA) is 12.0 Å². The molecule has 0 aromatic heterocycles. The number of hydrogen-bond acceptors (Lipinski definition) is 1. The van der Waals surface area contributed by atoms with Crippen LogP contribution < -0.4 is 5.32 Å². The lowest BCUT2D eigenvalue weighted by atomic mass is 10.1. The first kappa shape index (κ1) is 7.53. The molecule has 0 bridgehead atoms. The molecule has 1 nitrogen and oxygen atoms in total. The van der Waals surface area contributed by atoms with E-state index in [-0.39, 0.29) is 5.56 Å². The van der Waals surface area contributed by atoms with Gasteiger partial charge in [0, 0.05) is 17.8 Å². The van der Waals surface area contributed by atoms with Crippen LogP contribution >= 0.6 is 0 Å². The van der Waals surface area contributed by atoms with Crippen molar-refractivity contribution in [2.75, 3.05) is 11.9 Å². The van der Waals surface area contributed by atoms with Gasteiger partial charge < -0.3 is 5.32 Å². The Kier molecular flexibility index (Phi) is 1.71. The average molecular weight is 169 g/mol. The Labute approximate surface area is 69.4 Å². The molecule has 0 atom stereocenters. The SMILES string of the molecule is FC(F)c1ccc2c(c1)NCC2. The van der Waals surface area contributed by atoms with E-state index in [1.54, 1.807) is 6.07 Å². The first-order valence-corrected chi connectivity index (χ1v) is 3.92. The van der Waals surface area contributed by atoms with Gasteiger partial charge in [-0.3, -0.25) is 0 Å². The van der Waals surface area contributed by atoms with Crippen molar-refractivity contribution in [3.8, 4) is 0 Å². The first-order valence-electron chi connectivity index (χ1n) is 3.92. The molecule has 0 saturated carbocycles. The summed E-state index contributed by atoms with van der Waals surface area (Å²) in [4.78, 5) is 0. The minimum atomic E-state index is -2.36. The van der Waals surface area contributed by atoms with E-state index < -0.39 is 6.43 Å². The van der Waals surface area contributed by atoms with E-state index in [9.17, 15) is 8.78 Å². The summed E-state index contributed by atoms with van der Waals surface area (Å²) in [5, 5.41) is 3.06. The number of nitrogens with one attached hydrogen (secondary N) is 1. The molecule has 1 aromatic carbocycles. The molecular weight excluding hydrogens is 160 g/mol. The van der Waals surface area contributed by atoms with Crippen molar-refractivity contribution >= 4 is 5.69 Å². The molecule has 0 amide bonds. The van der Waals surface area contributed by atoms with Crippen LogP contribution in [0.4, 0.5) is 14.5 Å². The van der Waals surface area contributed by atoms with Gasteiger partial charge in [-0.1, -0.05) is 12.1 Å². The van der Waals surface area contributed by atoms with Crippen LogP contribution in [0.15, 0.2) is 18.2 Å². The van der Waals surface area contributed by atoms with Crippen molar-refractivity contribution in [2.24, 2.45) is 0 Å². The Morgan fingerprint density at radius 2 is 2.17 bits per heavy atom. The summed E-state index contributed by atoms with van der Waals surface area (Å²) in [7, 11) is 0. The molecular formula is C9H9F2N. The fourth-order valence-corrected chi connectivity index (χ4v) is 1.44. The number of rotatable bonds is 1. The minimum Gasteiger partial charge on any atom is -0.384 e. The largest absolute Gasteiger partial charge is 0.384 e. The van der Waals surface area contributed by atoms with Crippen LogP contribution in [0, 0.1) is 0 Å². The molecule has 2 rings (SSSR count). The molecule has 12 heavy (non-hydrogen) atoms. The lowest BCUT2D eigenvalue weighted by Gasteiger charge is -2.03. The summed E-state index contributed by atoms with van der Waals surface area (Å²) in [6.07, 6.45) is -1.42. The van der Waals surface area contributed by atoms with Gasteiger partial charge in [0.15, 0.2) is 0 Å². The predicted molar refractivity (Wildman–Crippen MR) is 43.6 cm³/mol. The molecule has 64 valence electrons. The molecule has 0 fully saturated rings. The van der Waals surface area contributed by atoms with Crippen molar-refractivity contribution in [1.29, 1.82) is 0 Å². The molecule has 0 saturated heterocycles. The fourth-order valence-electron chi connectivity index (χ4n) is 1.44. The standard InChI is InChI=1S/C9H9F2N/c10-9(11)7-2-1-6-3-4-12-8(6)5-7/h1-2,5,9,12H,3-4H2. The quantitative estimate of drug-likeness (QED) is 0.681. The lowest BCUT2D eigenvalue weighted by molar-refractivity contribution is 0.151. The second-order valence-corrected chi connectivity index (χ2v) is 2.89. The third-order valence-electron chi connectivity index (χ3n) is 2.10. The number of anilines is 1. The molecule has 1 N–H and O–H groups in total. The summed E-state index contributed by atoms with van der Waals surface area (Å²) in [6.45, 7) is 0.863. The highest BCUT2D eigenvalue weighted by molar-refractivity contribution is 5.57. The molecule has 1 aliphatic heterocycles. The Balaban J connectivity index is 2.39. The maximum absolute atomic E-state index is 12.2. The van der Waals surface area contributed by atoms with Gasteiger partial charge in [-0.2, -0.15) is 0 Å². The minimum absolute atomic E-state index is 0.100. The number of benzene rings is 1. The maximum atomic E-state index is 12.2. The van der Waals surface area contributed by atoms with E-state index in [0.717, 1.165) is 24.2 Å². The summed E-state index contributed by atoms with van der Waals surface area (Å²) >= 11 is 0. The highest BCUT2D eigenvalue weighted by atomic mass is 19.3. The Morgan fingerprint density at radius 3 is 2.92 bits per heavy atom. The normalized spacial score (nSPS) is 14.6. The molecule has 3 heteroatoms. The maximum Gasteiger partial charge on any atom is 0.263 e. The lowest BCUT2D eigenvalue weighted by Crippen LogP contribution is -1.91. The van der Waals surface area contributed by atoms with Gasteiger partial charge in [0.05, 0.1) is 0 Å². The molecule has 0 radical (unpaired) electrons. The molecule has 0 aliphatic carbocycles. The number of fused-ring (bicyclic) bond motifs is 1. The number of alkyl halides is 2. The molecule has 1 heterocycles. The van der Waals surface area contributed by atoms with Crippen LogP contribution in [-0.4, -0.2) is 6.54 Å². The van der Waals surface area contributed by atoms with E-state index in [2.05, 4.69) is 5.32 Å². The number of halogens is 2. The van der Waals surface area contributed by atoms with Gasteiger partial charge >= 0.3 is 0 Å². The summed E-state index contributed by atoms with van der Waals surface area (Å²) in [5.74, 6) is 0. The Morgan fingerprint density at radius 1 is 1.33 bits per heavy atom. The zero-order valence-corrected chi connectivity index (χ0v) is 6.48. The Bertz CT molecular complexity index is 297. The van der Waals surface area contributed by atoms with Gasteiger partial charge in [-0.15, -0.1) is 0 Å². The van der Waals surface area contributed by atoms with Crippen molar-refractivity contribution in [3.05, 3.63) is 29.3 Å². The van der Waals surface area contributed by atoms with Crippen LogP contribution in [-0.2, 0) is 6.42 Å². The summed E-state index contributed by atoms with van der Waals surface area (Å²) in [6, 6.07) is 4.81. The molecule has 0 unspecified atom stereocenters. The second-order valence-electron chi connectivity index (χ2n) is 2.89. The monoisotopic (exact) mass is 169 g/mol. The van der Waals surface area contributed by atoms with Crippen molar-refractivity contribution < 1.29 is 8.78 Å². The summed E-state index contributed by atoms with van der Waals surface area (Å²) < 4.78 is 24.4.